The van der Waals surface area contributed by atoms with Crippen LogP contribution in [0.3, 0.4) is 0 Å². The van der Waals surface area contributed by atoms with E-state index in [0.29, 0.717) is 38.7 Å². The Morgan fingerprint density at radius 3 is 2.52 bits per heavy atom. The van der Waals surface area contributed by atoms with Crippen LogP contribution >= 0.6 is 0 Å². The SMILES string of the molecule is COc1ccc(OCC(=O)N2CCOc3ccc(COCc4cccc(F)c4)cc3C2)cc1. The quantitative estimate of drug-likeness (QED) is 0.510. The van der Waals surface area contributed by atoms with Gasteiger partial charge in [0.1, 0.15) is 29.7 Å². The smallest absolute Gasteiger partial charge is 0.260 e. The van der Waals surface area contributed by atoms with Crippen LogP contribution < -0.4 is 14.2 Å². The normalized spacial score (nSPS) is 13.0. The third-order valence-corrected chi connectivity index (χ3v) is 5.31. The van der Waals surface area contributed by atoms with Crippen molar-refractivity contribution < 1.29 is 28.1 Å². The third-order valence-electron chi connectivity index (χ3n) is 5.31. The molecule has 0 unspecified atom stereocenters. The summed E-state index contributed by atoms with van der Waals surface area (Å²) in [6, 6.07) is 19.3. The molecule has 172 valence electrons. The van der Waals surface area contributed by atoms with Crippen molar-refractivity contribution in [2.45, 2.75) is 19.8 Å². The molecule has 7 heteroatoms. The van der Waals surface area contributed by atoms with E-state index in [1.54, 1.807) is 42.3 Å². The van der Waals surface area contributed by atoms with E-state index in [1.807, 2.05) is 24.3 Å². The number of fused-ring (bicyclic) bond motifs is 1. The zero-order valence-electron chi connectivity index (χ0n) is 18.5. The molecule has 0 aliphatic carbocycles. The molecule has 0 aromatic heterocycles. The molecule has 1 amide bonds. The van der Waals surface area contributed by atoms with Crippen LogP contribution in [0.15, 0.2) is 66.7 Å². The van der Waals surface area contributed by atoms with E-state index in [2.05, 4.69) is 0 Å². The number of benzene rings is 3. The standard InChI is InChI=1S/C26H26FNO5/c1-30-23-6-8-24(9-7-23)33-18-26(29)28-11-12-32-25-10-5-20(13-21(25)15-28)17-31-16-19-3-2-4-22(27)14-19/h2-10,13-14H,11-12,15-18H2,1H3. The Morgan fingerprint density at radius 1 is 1.00 bits per heavy atom. The first-order valence-electron chi connectivity index (χ1n) is 10.7. The Bertz CT molecular complexity index is 1090. The van der Waals surface area contributed by atoms with Gasteiger partial charge in [-0.05, 0) is 59.7 Å². The van der Waals surface area contributed by atoms with Gasteiger partial charge >= 0.3 is 0 Å². The minimum absolute atomic E-state index is 0.0574. The Balaban J connectivity index is 1.33. The second kappa shape index (κ2) is 10.8. The van der Waals surface area contributed by atoms with Crippen molar-refractivity contribution >= 4 is 5.91 Å². The van der Waals surface area contributed by atoms with E-state index in [0.717, 1.165) is 28.2 Å². The van der Waals surface area contributed by atoms with Gasteiger partial charge in [0.05, 0.1) is 26.9 Å². The summed E-state index contributed by atoms with van der Waals surface area (Å²) in [5.74, 6) is 1.70. The van der Waals surface area contributed by atoms with Crippen LogP contribution in [0.5, 0.6) is 17.2 Å². The molecular weight excluding hydrogens is 425 g/mol. The van der Waals surface area contributed by atoms with Gasteiger partial charge in [0.15, 0.2) is 6.61 Å². The fourth-order valence-electron chi connectivity index (χ4n) is 3.57. The third kappa shape index (κ3) is 6.23. The molecule has 0 fully saturated rings. The predicted molar refractivity (Wildman–Crippen MR) is 121 cm³/mol. The molecule has 6 nitrogen and oxygen atoms in total. The molecule has 0 saturated heterocycles. The second-order valence-corrected chi connectivity index (χ2v) is 7.69. The number of carbonyl (C=O) groups is 1. The first-order chi connectivity index (χ1) is 16.1. The fourth-order valence-corrected chi connectivity index (χ4v) is 3.57. The summed E-state index contributed by atoms with van der Waals surface area (Å²) in [6.45, 7) is 1.95. The van der Waals surface area contributed by atoms with Crippen molar-refractivity contribution in [1.29, 1.82) is 0 Å². The highest BCUT2D eigenvalue weighted by molar-refractivity contribution is 5.78. The average Bonchev–Trinajstić information content (AvgIpc) is 3.05. The number of carbonyl (C=O) groups excluding carboxylic acids is 1. The van der Waals surface area contributed by atoms with Crippen LogP contribution in [0.4, 0.5) is 4.39 Å². The average molecular weight is 451 g/mol. The highest BCUT2D eigenvalue weighted by atomic mass is 19.1. The Labute approximate surface area is 192 Å². The van der Waals surface area contributed by atoms with Gasteiger partial charge in [-0.2, -0.15) is 0 Å². The minimum Gasteiger partial charge on any atom is -0.497 e. The number of ether oxygens (including phenoxy) is 4. The maximum atomic E-state index is 13.3. The predicted octanol–water partition coefficient (Wildman–Crippen LogP) is 4.35. The molecule has 0 atom stereocenters. The maximum Gasteiger partial charge on any atom is 0.260 e. The van der Waals surface area contributed by atoms with Crippen molar-refractivity contribution in [3.05, 3.63) is 89.2 Å². The number of hydrogen-bond donors (Lipinski definition) is 0. The maximum absolute atomic E-state index is 13.3. The summed E-state index contributed by atoms with van der Waals surface area (Å²) in [5, 5.41) is 0. The van der Waals surface area contributed by atoms with Crippen molar-refractivity contribution in [2.24, 2.45) is 0 Å². The lowest BCUT2D eigenvalue weighted by Gasteiger charge is -2.20. The van der Waals surface area contributed by atoms with Gasteiger partial charge in [0.2, 0.25) is 0 Å². The van der Waals surface area contributed by atoms with E-state index in [4.69, 9.17) is 18.9 Å². The number of rotatable bonds is 8. The summed E-state index contributed by atoms with van der Waals surface area (Å²) in [5.41, 5.74) is 2.65. The molecule has 0 saturated carbocycles. The van der Waals surface area contributed by atoms with Gasteiger partial charge in [-0.15, -0.1) is 0 Å². The van der Waals surface area contributed by atoms with Crippen LogP contribution in [0, 0.1) is 5.82 Å². The summed E-state index contributed by atoms with van der Waals surface area (Å²) >= 11 is 0. The molecule has 0 bridgehead atoms. The highest BCUT2D eigenvalue weighted by Gasteiger charge is 2.20. The molecule has 0 spiro atoms. The second-order valence-electron chi connectivity index (χ2n) is 7.69. The van der Waals surface area contributed by atoms with Crippen molar-refractivity contribution in [3.8, 4) is 17.2 Å². The lowest BCUT2D eigenvalue weighted by Crippen LogP contribution is -2.36. The van der Waals surface area contributed by atoms with Crippen molar-refractivity contribution in [2.75, 3.05) is 26.9 Å². The lowest BCUT2D eigenvalue weighted by molar-refractivity contribution is -0.134. The Kier molecular flexibility index (Phi) is 7.42. The van der Waals surface area contributed by atoms with Gasteiger partial charge in [-0.1, -0.05) is 18.2 Å². The zero-order chi connectivity index (χ0) is 23.0. The van der Waals surface area contributed by atoms with E-state index in [1.165, 1.54) is 12.1 Å². The van der Waals surface area contributed by atoms with E-state index in [9.17, 15) is 9.18 Å². The van der Waals surface area contributed by atoms with Gasteiger partial charge in [-0.3, -0.25) is 4.79 Å². The molecule has 1 aliphatic rings. The number of methoxy groups -OCH3 is 1. The van der Waals surface area contributed by atoms with Crippen LogP contribution in [-0.4, -0.2) is 37.7 Å². The number of halogens is 1. The Hall–Kier alpha value is -3.58. The van der Waals surface area contributed by atoms with Gasteiger partial charge in [0.25, 0.3) is 5.91 Å². The molecule has 0 radical (unpaired) electrons. The summed E-state index contributed by atoms with van der Waals surface area (Å²) in [4.78, 5) is 14.5. The summed E-state index contributed by atoms with van der Waals surface area (Å²) in [6.07, 6.45) is 0. The number of nitrogens with zero attached hydrogens (tertiary/aromatic N) is 1. The zero-order valence-corrected chi connectivity index (χ0v) is 18.5. The van der Waals surface area contributed by atoms with Gasteiger partial charge < -0.3 is 23.8 Å². The lowest BCUT2D eigenvalue weighted by atomic mass is 10.1. The van der Waals surface area contributed by atoms with Crippen molar-refractivity contribution in [1.82, 2.24) is 4.90 Å². The largest absolute Gasteiger partial charge is 0.497 e. The topological polar surface area (TPSA) is 57.2 Å². The van der Waals surface area contributed by atoms with Crippen LogP contribution in [0.1, 0.15) is 16.7 Å². The molecule has 4 rings (SSSR count). The molecule has 3 aromatic carbocycles. The number of amides is 1. The Morgan fingerprint density at radius 2 is 1.76 bits per heavy atom. The van der Waals surface area contributed by atoms with Crippen molar-refractivity contribution in [3.63, 3.8) is 0 Å². The van der Waals surface area contributed by atoms with Crippen LogP contribution in [-0.2, 0) is 29.3 Å². The van der Waals surface area contributed by atoms with Crippen LogP contribution in [0.2, 0.25) is 0 Å². The summed E-state index contributed by atoms with van der Waals surface area (Å²) < 4.78 is 35.7. The summed E-state index contributed by atoms with van der Waals surface area (Å²) in [7, 11) is 1.60. The first-order valence-corrected chi connectivity index (χ1v) is 10.7. The molecular formula is C26H26FNO5. The molecule has 33 heavy (non-hydrogen) atoms. The molecule has 1 aliphatic heterocycles. The fraction of sp³-hybridized carbons (Fsp3) is 0.269. The van der Waals surface area contributed by atoms with E-state index in [-0.39, 0.29) is 18.3 Å². The minimum atomic E-state index is -0.279. The van der Waals surface area contributed by atoms with E-state index >= 15 is 0 Å². The van der Waals surface area contributed by atoms with E-state index < -0.39 is 0 Å². The first kappa shape index (κ1) is 22.6. The molecule has 1 heterocycles. The molecule has 3 aromatic rings. The number of hydrogen-bond acceptors (Lipinski definition) is 5. The highest BCUT2D eigenvalue weighted by Crippen LogP contribution is 2.25. The van der Waals surface area contributed by atoms with Gasteiger partial charge in [-0.25, -0.2) is 4.39 Å². The van der Waals surface area contributed by atoms with Gasteiger partial charge in [0, 0.05) is 12.1 Å². The molecule has 0 N–H and O–H groups in total. The monoisotopic (exact) mass is 451 g/mol. The van der Waals surface area contributed by atoms with Crippen LogP contribution in [0.25, 0.3) is 0 Å².